The number of thiocarbonyl (C=S) groups is 1. The number of fused-ring (bicyclic) bond motifs is 1. The highest BCUT2D eigenvalue weighted by Crippen LogP contribution is 2.37. The highest BCUT2D eigenvalue weighted by Gasteiger charge is 2.39. The summed E-state index contributed by atoms with van der Waals surface area (Å²) in [5.41, 5.74) is 0.762. The lowest BCUT2D eigenvalue weighted by atomic mass is 10.1. The molecule has 2 aliphatic rings. The maximum absolute atomic E-state index is 12.5. The van der Waals surface area contributed by atoms with Gasteiger partial charge in [0.1, 0.15) is 10.4 Å². The molecule has 3 rings (SSSR count). The maximum atomic E-state index is 12.5. The molecule has 120 valence electrons. The van der Waals surface area contributed by atoms with Crippen LogP contribution in [0.4, 0.5) is 0 Å². The first-order chi connectivity index (χ1) is 11.0. The van der Waals surface area contributed by atoms with Crippen LogP contribution in [0.2, 0.25) is 0 Å². The first-order valence-corrected chi connectivity index (χ1v) is 8.13. The van der Waals surface area contributed by atoms with E-state index in [4.69, 9.17) is 21.7 Å². The van der Waals surface area contributed by atoms with E-state index >= 15 is 0 Å². The molecule has 2 heterocycles. The Morgan fingerprint density at radius 2 is 2.22 bits per heavy atom. The minimum Gasteiger partial charge on any atom is -0.480 e. The maximum Gasteiger partial charge on any atom is 0.326 e. The molecule has 23 heavy (non-hydrogen) atoms. The van der Waals surface area contributed by atoms with Crippen molar-refractivity contribution in [3.63, 3.8) is 0 Å². The quantitative estimate of drug-likeness (QED) is 0.660. The van der Waals surface area contributed by atoms with Gasteiger partial charge in [0.2, 0.25) is 6.79 Å². The van der Waals surface area contributed by atoms with Crippen molar-refractivity contribution in [2.75, 3.05) is 6.79 Å². The molecule has 0 unspecified atom stereocenters. The van der Waals surface area contributed by atoms with E-state index in [0.717, 1.165) is 17.3 Å². The molecule has 0 radical (unpaired) electrons. The molecule has 8 heteroatoms. The van der Waals surface area contributed by atoms with Crippen LogP contribution in [0, 0.1) is 0 Å². The van der Waals surface area contributed by atoms with Gasteiger partial charge in [-0.25, -0.2) is 4.79 Å². The number of amides is 1. The van der Waals surface area contributed by atoms with Crippen molar-refractivity contribution < 1.29 is 24.2 Å². The minimum atomic E-state index is -1.06. The number of carboxylic acid groups (broad SMARTS) is 1. The molecule has 0 spiro atoms. The highest BCUT2D eigenvalue weighted by atomic mass is 32.2. The number of carbonyl (C=O) groups excluding carboxylic acids is 1. The summed E-state index contributed by atoms with van der Waals surface area (Å²) in [6.45, 7) is 1.89. The second kappa shape index (κ2) is 6.21. The SMILES string of the molecule is CC[C@@H](C(=O)O)N1C(=O)/C(=C/c2ccc3c(c2)OCO3)SC1=S. The second-order valence-corrected chi connectivity index (χ2v) is 6.60. The van der Waals surface area contributed by atoms with Gasteiger partial charge in [-0.15, -0.1) is 0 Å². The summed E-state index contributed by atoms with van der Waals surface area (Å²) in [7, 11) is 0. The van der Waals surface area contributed by atoms with Gasteiger partial charge in [-0.2, -0.15) is 0 Å². The van der Waals surface area contributed by atoms with E-state index < -0.39 is 12.0 Å². The fourth-order valence-electron chi connectivity index (χ4n) is 2.37. The third-order valence-electron chi connectivity index (χ3n) is 3.50. The Hall–Kier alpha value is -2.06. The molecule has 2 aliphatic heterocycles. The van der Waals surface area contributed by atoms with Gasteiger partial charge < -0.3 is 14.6 Å². The number of rotatable bonds is 4. The van der Waals surface area contributed by atoms with Gasteiger partial charge in [0.25, 0.3) is 5.91 Å². The number of thioether (sulfide) groups is 1. The lowest BCUT2D eigenvalue weighted by molar-refractivity contribution is -0.145. The zero-order chi connectivity index (χ0) is 16.6. The van der Waals surface area contributed by atoms with Crippen molar-refractivity contribution in [2.45, 2.75) is 19.4 Å². The molecular formula is C15H13NO5S2. The summed E-state index contributed by atoms with van der Waals surface area (Å²) in [6, 6.07) is 4.39. The van der Waals surface area contributed by atoms with E-state index in [-0.39, 0.29) is 17.0 Å². The summed E-state index contributed by atoms with van der Waals surface area (Å²) >= 11 is 6.28. The Labute approximate surface area is 142 Å². The smallest absolute Gasteiger partial charge is 0.326 e. The summed E-state index contributed by atoms with van der Waals surface area (Å²) < 4.78 is 10.8. The monoisotopic (exact) mass is 351 g/mol. The van der Waals surface area contributed by atoms with Gasteiger partial charge in [-0.3, -0.25) is 9.69 Å². The number of ether oxygens (including phenoxy) is 2. The number of hydrogen-bond acceptors (Lipinski definition) is 6. The molecule has 1 aromatic rings. The molecule has 0 aliphatic carbocycles. The highest BCUT2D eigenvalue weighted by molar-refractivity contribution is 8.26. The third kappa shape index (κ3) is 2.91. The number of hydrogen-bond donors (Lipinski definition) is 1. The van der Waals surface area contributed by atoms with Gasteiger partial charge in [0, 0.05) is 0 Å². The Morgan fingerprint density at radius 1 is 1.48 bits per heavy atom. The summed E-state index contributed by atoms with van der Waals surface area (Å²) in [5, 5.41) is 9.24. The fraction of sp³-hybridized carbons (Fsp3) is 0.267. The summed E-state index contributed by atoms with van der Waals surface area (Å²) in [6.07, 6.45) is 1.97. The molecule has 0 bridgehead atoms. The topological polar surface area (TPSA) is 76.1 Å². The fourth-order valence-corrected chi connectivity index (χ4v) is 3.73. The van der Waals surface area contributed by atoms with Gasteiger partial charge in [0.05, 0.1) is 4.91 Å². The average Bonchev–Trinajstić information content (AvgIpc) is 3.07. The van der Waals surface area contributed by atoms with E-state index in [2.05, 4.69) is 0 Å². The number of carbonyl (C=O) groups is 2. The van der Waals surface area contributed by atoms with Crippen LogP contribution in [-0.2, 0) is 9.59 Å². The van der Waals surface area contributed by atoms with E-state index in [1.807, 2.05) is 0 Å². The van der Waals surface area contributed by atoms with Gasteiger partial charge in [-0.1, -0.05) is 37.0 Å². The van der Waals surface area contributed by atoms with Crippen LogP contribution in [0.3, 0.4) is 0 Å². The van der Waals surface area contributed by atoms with Crippen molar-refractivity contribution in [1.82, 2.24) is 4.90 Å². The largest absolute Gasteiger partial charge is 0.480 e. The second-order valence-electron chi connectivity index (χ2n) is 4.93. The van der Waals surface area contributed by atoms with Crippen LogP contribution in [0.15, 0.2) is 23.1 Å². The standard InChI is InChI=1S/C15H13NO5S2/c1-2-9(14(18)19)16-13(17)12(23-15(16)22)6-8-3-4-10-11(5-8)21-7-20-10/h3-6,9H,2,7H2,1H3,(H,18,19)/b12-6-/t9-/m0/s1. The van der Waals surface area contributed by atoms with Crippen LogP contribution in [0.25, 0.3) is 6.08 Å². The van der Waals surface area contributed by atoms with Crippen molar-refractivity contribution in [1.29, 1.82) is 0 Å². The molecule has 0 saturated carbocycles. The first kappa shape index (κ1) is 15.8. The zero-order valence-corrected chi connectivity index (χ0v) is 13.8. The Bertz CT molecular complexity index is 731. The van der Waals surface area contributed by atoms with Gasteiger partial charge in [-0.05, 0) is 30.2 Å². The van der Waals surface area contributed by atoms with Crippen LogP contribution < -0.4 is 9.47 Å². The molecular weight excluding hydrogens is 338 g/mol. The number of nitrogens with zero attached hydrogens (tertiary/aromatic N) is 1. The Kier molecular flexibility index (Phi) is 4.27. The van der Waals surface area contributed by atoms with Crippen LogP contribution in [0.1, 0.15) is 18.9 Å². The van der Waals surface area contributed by atoms with Crippen LogP contribution in [-0.4, -0.2) is 39.0 Å². The zero-order valence-electron chi connectivity index (χ0n) is 12.1. The molecule has 1 N–H and O–H groups in total. The van der Waals surface area contributed by atoms with Crippen LogP contribution >= 0.6 is 24.0 Å². The Morgan fingerprint density at radius 3 is 2.91 bits per heavy atom. The average molecular weight is 351 g/mol. The van der Waals surface area contributed by atoms with E-state index in [1.54, 1.807) is 31.2 Å². The minimum absolute atomic E-state index is 0.178. The van der Waals surface area contributed by atoms with Crippen molar-refractivity contribution in [3.8, 4) is 11.5 Å². The molecule has 0 aromatic heterocycles. The predicted molar refractivity (Wildman–Crippen MR) is 89.3 cm³/mol. The van der Waals surface area contributed by atoms with Crippen molar-refractivity contribution in [2.24, 2.45) is 0 Å². The normalized spacial score (nSPS) is 19.5. The molecule has 1 fully saturated rings. The van der Waals surface area contributed by atoms with Gasteiger partial charge in [0.15, 0.2) is 11.5 Å². The van der Waals surface area contributed by atoms with Crippen LogP contribution in [0.5, 0.6) is 11.5 Å². The number of carboxylic acids is 1. The summed E-state index contributed by atoms with van der Waals surface area (Å²) in [4.78, 5) is 25.3. The molecule has 6 nitrogen and oxygen atoms in total. The molecule has 1 aromatic carbocycles. The third-order valence-corrected chi connectivity index (χ3v) is 4.83. The molecule has 1 amide bonds. The lowest BCUT2D eigenvalue weighted by Crippen LogP contribution is -2.43. The first-order valence-electron chi connectivity index (χ1n) is 6.90. The Balaban J connectivity index is 1.88. The van der Waals surface area contributed by atoms with E-state index in [9.17, 15) is 14.7 Å². The molecule has 1 saturated heterocycles. The number of benzene rings is 1. The van der Waals surface area contributed by atoms with E-state index in [1.165, 1.54) is 4.90 Å². The van der Waals surface area contributed by atoms with Crippen molar-refractivity contribution >= 4 is 46.3 Å². The molecule has 1 atom stereocenters. The lowest BCUT2D eigenvalue weighted by Gasteiger charge is -2.21. The summed E-state index contributed by atoms with van der Waals surface area (Å²) in [5.74, 6) is -0.169. The number of aliphatic carboxylic acids is 1. The predicted octanol–water partition coefficient (Wildman–Crippen LogP) is 2.48. The van der Waals surface area contributed by atoms with Gasteiger partial charge >= 0.3 is 5.97 Å². The van der Waals surface area contributed by atoms with E-state index in [0.29, 0.717) is 22.8 Å². The van der Waals surface area contributed by atoms with Crippen molar-refractivity contribution in [3.05, 3.63) is 28.7 Å².